The highest BCUT2D eigenvalue weighted by atomic mass is 32.2. The van der Waals surface area contributed by atoms with Crippen molar-refractivity contribution < 1.29 is 9.53 Å². The minimum absolute atomic E-state index is 0.0672. The number of para-hydroxylation sites is 1. The number of thioether (sulfide) groups is 1. The van der Waals surface area contributed by atoms with E-state index in [2.05, 4.69) is 10.7 Å². The average Bonchev–Trinajstić information content (AvgIpc) is 3.57. The van der Waals surface area contributed by atoms with Crippen molar-refractivity contribution in [3.05, 3.63) is 75.9 Å². The summed E-state index contributed by atoms with van der Waals surface area (Å²) in [6.07, 6.45) is 2.25. The molecule has 1 aliphatic rings. The number of carbonyl (C=O) groups excluding carboxylic acids is 1. The number of nitrogens with one attached hydrogen (secondary N) is 1. The van der Waals surface area contributed by atoms with E-state index < -0.39 is 0 Å². The van der Waals surface area contributed by atoms with Crippen molar-refractivity contribution in [1.29, 1.82) is 0 Å². The van der Waals surface area contributed by atoms with Crippen molar-refractivity contribution in [2.24, 2.45) is 0 Å². The summed E-state index contributed by atoms with van der Waals surface area (Å²) < 4.78 is 6.78. The molecule has 0 bridgehead atoms. The summed E-state index contributed by atoms with van der Waals surface area (Å²) in [5.41, 5.74) is 2.48. The lowest BCUT2D eigenvalue weighted by molar-refractivity contribution is -0.113. The van der Waals surface area contributed by atoms with Crippen LogP contribution in [0.15, 0.2) is 69.9 Å². The molecule has 1 saturated carbocycles. The molecule has 8 heteroatoms. The molecule has 162 valence electrons. The van der Waals surface area contributed by atoms with Crippen LogP contribution in [0.2, 0.25) is 0 Å². The molecule has 5 rings (SSSR count). The van der Waals surface area contributed by atoms with Gasteiger partial charge < -0.3 is 10.1 Å². The summed E-state index contributed by atoms with van der Waals surface area (Å²) in [7, 11) is 1.60. The van der Waals surface area contributed by atoms with Crippen LogP contribution in [0, 0.1) is 0 Å². The van der Waals surface area contributed by atoms with Gasteiger partial charge in [-0.25, -0.2) is 4.98 Å². The third-order valence-corrected chi connectivity index (χ3v) is 7.17. The topological polar surface area (TPSA) is 73.2 Å². The fraction of sp³-hybridized carbons (Fsp3) is 0.208. The van der Waals surface area contributed by atoms with E-state index in [9.17, 15) is 9.59 Å². The van der Waals surface area contributed by atoms with Crippen molar-refractivity contribution in [3.8, 4) is 11.4 Å². The minimum atomic E-state index is -0.168. The largest absolute Gasteiger partial charge is 0.497 e. The van der Waals surface area contributed by atoms with Crippen molar-refractivity contribution in [3.63, 3.8) is 0 Å². The lowest BCUT2D eigenvalue weighted by Gasteiger charge is -2.12. The molecule has 0 atom stereocenters. The molecule has 1 amide bonds. The maximum Gasteiger partial charge on any atom is 0.267 e. The maximum atomic E-state index is 13.6. The predicted molar refractivity (Wildman–Crippen MR) is 130 cm³/mol. The first-order valence-electron chi connectivity index (χ1n) is 10.3. The summed E-state index contributed by atoms with van der Waals surface area (Å²) in [5.74, 6) is 1.16. The van der Waals surface area contributed by atoms with Crippen molar-refractivity contribution in [1.82, 2.24) is 9.55 Å². The van der Waals surface area contributed by atoms with Crippen molar-refractivity contribution in [2.75, 3.05) is 18.2 Å². The molecule has 4 aromatic rings. The first-order valence-corrected chi connectivity index (χ1v) is 12.2. The van der Waals surface area contributed by atoms with Gasteiger partial charge >= 0.3 is 0 Å². The molecule has 1 fully saturated rings. The zero-order valence-electron chi connectivity index (χ0n) is 17.4. The number of thiophene rings is 1. The number of rotatable bonds is 7. The SMILES string of the molecule is COc1ccc(NC(=O)CSc2nc3scc(C4CC4)c3c(=O)n2-c2ccccc2)cc1. The second-order valence-corrected chi connectivity index (χ2v) is 9.38. The van der Waals surface area contributed by atoms with Gasteiger partial charge in [-0.2, -0.15) is 0 Å². The van der Waals surface area contributed by atoms with Gasteiger partial charge in [0.05, 0.1) is 23.9 Å². The van der Waals surface area contributed by atoms with Gasteiger partial charge in [-0.05, 0) is 66.1 Å². The molecule has 6 nitrogen and oxygen atoms in total. The Kier molecular flexibility index (Phi) is 5.71. The molecule has 32 heavy (non-hydrogen) atoms. The smallest absolute Gasteiger partial charge is 0.267 e. The van der Waals surface area contributed by atoms with E-state index in [1.807, 2.05) is 30.3 Å². The van der Waals surface area contributed by atoms with Gasteiger partial charge in [0.25, 0.3) is 5.56 Å². The Morgan fingerprint density at radius 1 is 1.19 bits per heavy atom. The number of methoxy groups -OCH3 is 1. The first kappa shape index (κ1) is 20.8. The lowest BCUT2D eigenvalue weighted by atomic mass is 10.1. The molecule has 0 radical (unpaired) electrons. The highest BCUT2D eigenvalue weighted by Crippen LogP contribution is 2.44. The molecule has 0 spiro atoms. The highest BCUT2D eigenvalue weighted by molar-refractivity contribution is 7.99. The van der Waals surface area contributed by atoms with Crippen LogP contribution in [0.5, 0.6) is 5.75 Å². The van der Waals surface area contributed by atoms with Crippen LogP contribution in [-0.2, 0) is 4.79 Å². The Morgan fingerprint density at radius 2 is 1.94 bits per heavy atom. The number of hydrogen-bond donors (Lipinski definition) is 1. The second kappa shape index (κ2) is 8.80. The van der Waals surface area contributed by atoms with Gasteiger partial charge in [0, 0.05) is 5.69 Å². The zero-order valence-corrected chi connectivity index (χ0v) is 19.0. The summed E-state index contributed by atoms with van der Waals surface area (Å²) in [6.45, 7) is 0. The molecule has 2 aromatic heterocycles. The number of carbonyl (C=O) groups is 1. The molecular weight excluding hydrogens is 442 g/mol. The normalized spacial score (nSPS) is 13.3. The maximum absolute atomic E-state index is 13.6. The first-order chi connectivity index (χ1) is 15.6. The monoisotopic (exact) mass is 463 g/mol. The van der Waals surface area contributed by atoms with E-state index in [-0.39, 0.29) is 17.2 Å². The van der Waals surface area contributed by atoms with E-state index >= 15 is 0 Å². The molecule has 1 N–H and O–H groups in total. The highest BCUT2D eigenvalue weighted by Gasteiger charge is 2.29. The van der Waals surface area contributed by atoms with Crippen molar-refractivity contribution in [2.45, 2.75) is 23.9 Å². The number of amides is 1. The Labute approximate surface area is 193 Å². The van der Waals surface area contributed by atoms with Gasteiger partial charge in [0.15, 0.2) is 5.16 Å². The van der Waals surface area contributed by atoms with Gasteiger partial charge in [-0.3, -0.25) is 14.2 Å². The van der Waals surface area contributed by atoms with Crippen LogP contribution >= 0.6 is 23.1 Å². The minimum Gasteiger partial charge on any atom is -0.497 e. The van der Waals surface area contributed by atoms with Crippen LogP contribution in [0.4, 0.5) is 5.69 Å². The molecule has 1 aliphatic carbocycles. The molecule has 0 saturated heterocycles. The second-order valence-electron chi connectivity index (χ2n) is 7.58. The predicted octanol–water partition coefficient (Wildman–Crippen LogP) is 5.06. The summed E-state index contributed by atoms with van der Waals surface area (Å²) in [6, 6.07) is 16.6. The number of ether oxygens (including phenoxy) is 1. The average molecular weight is 464 g/mol. The van der Waals surface area contributed by atoms with Crippen LogP contribution in [0.3, 0.4) is 0 Å². The number of aromatic nitrogens is 2. The number of benzene rings is 2. The van der Waals surface area contributed by atoms with Gasteiger partial charge in [0.1, 0.15) is 10.6 Å². The summed E-state index contributed by atoms with van der Waals surface area (Å²) in [4.78, 5) is 31.7. The van der Waals surface area contributed by atoms with Crippen LogP contribution in [0.25, 0.3) is 15.9 Å². The van der Waals surface area contributed by atoms with Crippen LogP contribution in [0.1, 0.15) is 24.3 Å². The number of fused-ring (bicyclic) bond motifs is 1. The molecule has 0 aliphatic heterocycles. The number of hydrogen-bond acceptors (Lipinski definition) is 6. The van der Waals surface area contributed by atoms with E-state index in [4.69, 9.17) is 9.72 Å². The summed E-state index contributed by atoms with van der Waals surface area (Å²) in [5, 5.41) is 6.17. The van der Waals surface area contributed by atoms with Crippen LogP contribution < -0.4 is 15.6 Å². The Balaban J connectivity index is 1.44. The lowest BCUT2D eigenvalue weighted by Crippen LogP contribution is -2.23. The fourth-order valence-electron chi connectivity index (χ4n) is 3.59. The molecule has 2 aromatic carbocycles. The van der Waals surface area contributed by atoms with Gasteiger partial charge in [-0.1, -0.05) is 30.0 Å². The standard InChI is InChI=1S/C24H21N3O3S2/c1-30-18-11-9-16(10-12-18)25-20(28)14-32-24-26-22-21(19(13-31-22)15-7-8-15)23(29)27(24)17-5-3-2-4-6-17/h2-6,9-13,15H,7-8,14H2,1H3,(H,25,28). The van der Waals surface area contributed by atoms with E-state index in [1.54, 1.807) is 35.9 Å². The van der Waals surface area contributed by atoms with E-state index in [1.165, 1.54) is 23.1 Å². The van der Waals surface area contributed by atoms with Crippen LogP contribution in [-0.4, -0.2) is 28.3 Å². The molecule has 2 heterocycles. The van der Waals surface area contributed by atoms with Gasteiger partial charge in [-0.15, -0.1) is 11.3 Å². The number of nitrogens with zero attached hydrogens (tertiary/aromatic N) is 2. The third kappa shape index (κ3) is 4.16. The fourth-order valence-corrected chi connectivity index (χ4v) is 5.47. The van der Waals surface area contributed by atoms with E-state index in [0.717, 1.165) is 34.7 Å². The molecule has 0 unspecified atom stereocenters. The van der Waals surface area contributed by atoms with E-state index in [0.29, 0.717) is 22.1 Å². The summed E-state index contributed by atoms with van der Waals surface area (Å²) >= 11 is 2.77. The van der Waals surface area contributed by atoms with Crippen molar-refractivity contribution >= 4 is 44.9 Å². The Hall–Kier alpha value is -3.10. The number of anilines is 1. The quantitative estimate of drug-likeness (QED) is 0.306. The third-order valence-electron chi connectivity index (χ3n) is 5.34. The molecular formula is C24H21N3O3S2. The zero-order chi connectivity index (χ0) is 22.1. The van der Waals surface area contributed by atoms with Gasteiger partial charge in [0.2, 0.25) is 5.91 Å². The Bertz CT molecular complexity index is 1330. The Morgan fingerprint density at radius 3 is 2.62 bits per heavy atom.